The molecule has 2 aromatic carbocycles. The lowest BCUT2D eigenvalue weighted by molar-refractivity contribution is -0.142. The van der Waals surface area contributed by atoms with E-state index in [1.165, 1.54) is 29.2 Å². The van der Waals surface area contributed by atoms with E-state index in [0.29, 0.717) is 28.5 Å². The van der Waals surface area contributed by atoms with Crippen LogP contribution in [0.2, 0.25) is 0 Å². The summed E-state index contributed by atoms with van der Waals surface area (Å²) < 4.78 is 0. The maximum atomic E-state index is 14.5. The predicted octanol–water partition coefficient (Wildman–Crippen LogP) is -3.78. The third-order valence-corrected chi connectivity index (χ3v) is 14.2. The summed E-state index contributed by atoms with van der Waals surface area (Å²) >= 11 is 0. The summed E-state index contributed by atoms with van der Waals surface area (Å²) in [7, 11) is 0. The fraction of sp³-hybridized carbons (Fsp3) is 0.464. The molecule has 6 rings (SSSR count). The number of carbonyl (C=O) groups excluding carboxylic acids is 11. The van der Waals surface area contributed by atoms with Crippen LogP contribution in [0.1, 0.15) is 75.5 Å². The quantitative estimate of drug-likeness (QED) is 0.0131. The summed E-state index contributed by atoms with van der Waals surface area (Å²) in [5.74, 6) is -8.75. The van der Waals surface area contributed by atoms with E-state index in [0.717, 1.165) is 5.52 Å². The van der Waals surface area contributed by atoms with Crippen LogP contribution >= 0.6 is 0 Å². The van der Waals surface area contributed by atoms with Crippen LogP contribution < -0.4 is 65.1 Å². The van der Waals surface area contributed by atoms with Gasteiger partial charge in [0.1, 0.15) is 54.1 Å². The fourth-order valence-electron chi connectivity index (χ4n) is 9.90. The van der Waals surface area contributed by atoms with Crippen molar-refractivity contribution >= 4 is 81.8 Å². The van der Waals surface area contributed by atoms with Gasteiger partial charge < -0.3 is 90.1 Å². The number of phenols is 1. The minimum Gasteiger partial charge on any atom is -0.508 e. The monoisotopic (exact) mass is 1180 g/mol. The van der Waals surface area contributed by atoms with E-state index in [-0.39, 0.29) is 94.4 Å². The van der Waals surface area contributed by atoms with Crippen molar-refractivity contribution < 1.29 is 63.0 Å². The molecule has 0 spiro atoms. The minimum absolute atomic E-state index is 0.0174. The summed E-state index contributed by atoms with van der Waals surface area (Å²) in [6.07, 6.45) is 5.82. The van der Waals surface area contributed by atoms with Crippen molar-refractivity contribution in [1.29, 1.82) is 0 Å². The average Bonchev–Trinajstić information content (AvgIpc) is 4.32. The molecule has 19 N–H and O–H groups in total. The van der Waals surface area contributed by atoms with Gasteiger partial charge in [-0.15, -0.1) is 0 Å². The Morgan fingerprint density at radius 2 is 1.34 bits per heavy atom. The lowest BCUT2D eigenvalue weighted by Crippen LogP contribution is -2.60. The summed E-state index contributed by atoms with van der Waals surface area (Å²) in [4.78, 5) is 160. The number of hydrogen-bond donors (Lipinski definition) is 16. The molecule has 0 aliphatic carbocycles. The van der Waals surface area contributed by atoms with Crippen LogP contribution in [0.25, 0.3) is 10.9 Å². The van der Waals surface area contributed by atoms with Crippen LogP contribution in [0.15, 0.2) is 78.2 Å². The lowest BCUT2D eigenvalue weighted by Gasteiger charge is -2.30. The third-order valence-electron chi connectivity index (χ3n) is 14.2. The second kappa shape index (κ2) is 31.2. The van der Waals surface area contributed by atoms with Crippen molar-refractivity contribution in [1.82, 2.24) is 62.7 Å². The third kappa shape index (κ3) is 19.5. The Kier molecular flexibility index (Phi) is 23.7. The Morgan fingerprint density at radius 3 is 1.99 bits per heavy atom. The van der Waals surface area contributed by atoms with Gasteiger partial charge in [0.15, 0.2) is 5.96 Å². The number of nitrogens with one attached hydrogen (secondary N) is 11. The van der Waals surface area contributed by atoms with Crippen LogP contribution in [0, 0.1) is 5.92 Å². The molecule has 0 radical (unpaired) electrons. The SMILES string of the molecule is CC(C)CC(NC(=O)CNC(=O)C(Cc1ccc(O)cc1)NC(=O)C(CO)NC(=O)C(Cc1c[nH]c2ccccc12)NC(=O)C(Cc1cc[nH]c1)NC(=O)C1CCC(=O)N1)C(=O)NC(CCCN=C(N)N)C(=O)N1CCCC1C(=O)NCC(N)=O. The topological polar surface area (TPSA) is 462 Å². The highest BCUT2D eigenvalue weighted by Crippen LogP contribution is 2.22. The lowest BCUT2D eigenvalue weighted by atomic mass is 10.0. The molecule has 4 heterocycles. The summed E-state index contributed by atoms with van der Waals surface area (Å²) in [5, 5.41) is 44.6. The van der Waals surface area contributed by atoms with Gasteiger partial charge in [-0.3, -0.25) is 57.7 Å². The summed E-state index contributed by atoms with van der Waals surface area (Å²) in [6.45, 7) is 1.64. The minimum atomic E-state index is -1.75. The molecular weight excluding hydrogens is 1100 g/mol. The molecule has 29 heteroatoms. The molecular formula is C56H76N16O13. The number of likely N-dealkylation sites (tertiary alicyclic amines) is 1. The van der Waals surface area contributed by atoms with Crippen LogP contribution in [-0.2, 0) is 72.0 Å². The van der Waals surface area contributed by atoms with Crippen LogP contribution in [0.4, 0.5) is 0 Å². The highest BCUT2D eigenvalue weighted by atomic mass is 16.3. The first-order valence-corrected chi connectivity index (χ1v) is 27.9. The smallest absolute Gasteiger partial charge is 0.245 e. The molecule has 2 aromatic heterocycles. The zero-order chi connectivity index (χ0) is 61.7. The van der Waals surface area contributed by atoms with Gasteiger partial charge in [-0.25, -0.2) is 0 Å². The number of H-pyrrole nitrogens is 2. The maximum Gasteiger partial charge on any atom is 0.245 e. The number of aromatic nitrogens is 2. The van der Waals surface area contributed by atoms with Crippen molar-refractivity contribution in [3.63, 3.8) is 0 Å². The van der Waals surface area contributed by atoms with Crippen molar-refractivity contribution in [2.45, 2.75) is 126 Å². The zero-order valence-corrected chi connectivity index (χ0v) is 47.2. The van der Waals surface area contributed by atoms with Gasteiger partial charge >= 0.3 is 0 Å². The molecule has 0 saturated carbocycles. The van der Waals surface area contributed by atoms with Crippen molar-refractivity contribution in [2.24, 2.45) is 28.1 Å². The van der Waals surface area contributed by atoms with Crippen LogP contribution in [0.3, 0.4) is 0 Å². The summed E-state index contributed by atoms with van der Waals surface area (Å²) in [5.41, 5.74) is 18.5. The van der Waals surface area contributed by atoms with Gasteiger partial charge in [0.25, 0.3) is 0 Å². The molecule has 29 nitrogen and oxygen atoms in total. The maximum absolute atomic E-state index is 14.5. The number of nitrogens with two attached hydrogens (primary N) is 3. The number of aliphatic imine (C=N–C) groups is 1. The van der Waals surface area contributed by atoms with E-state index in [4.69, 9.17) is 17.2 Å². The van der Waals surface area contributed by atoms with Crippen LogP contribution in [-0.4, -0.2) is 177 Å². The number of fused-ring (bicyclic) bond motifs is 1. The number of rotatable bonds is 31. The Balaban J connectivity index is 1.16. The molecule has 85 heavy (non-hydrogen) atoms. The molecule has 2 aliphatic heterocycles. The number of benzene rings is 2. The van der Waals surface area contributed by atoms with Crippen molar-refractivity contribution in [2.75, 3.05) is 32.8 Å². The first-order chi connectivity index (χ1) is 40.6. The second-order valence-corrected chi connectivity index (χ2v) is 21.3. The van der Waals surface area contributed by atoms with Crippen molar-refractivity contribution in [3.8, 4) is 5.75 Å². The van der Waals surface area contributed by atoms with E-state index in [2.05, 4.69) is 62.8 Å². The van der Waals surface area contributed by atoms with E-state index in [9.17, 15) is 63.0 Å². The van der Waals surface area contributed by atoms with Gasteiger partial charge in [0.2, 0.25) is 65.0 Å². The molecule has 8 atom stereocenters. The average molecular weight is 1180 g/mol. The zero-order valence-electron chi connectivity index (χ0n) is 47.2. The molecule has 8 unspecified atom stereocenters. The number of aromatic amines is 2. The van der Waals surface area contributed by atoms with Crippen molar-refractivity contribution in [3.05, 3.63) is 89.9 Å². The highest BCUT2D eigenvalue weighted by molar-refractivity contribution is 5.99. The van der Waals surface area contributed by atoms with E-state index >= 15 is 0 Å². The highest BCUT2D eigenvalue weighted by Gasteiger charge is 2.39. The number of aliphatic hydroxyl groups is 1. The standard InChI is InChI=1S/C56H76N16O13/c1-30(2)21-39(50(80)67-38(9-5-18-61-56(58)59)55(85)72-20-6-10-44(72)54(84)63-27-45(57)75)66-47(77)28-64-48(78)40(22-31-11-13-34(74)14-12-31)68-53(83)43(29-73)71-52(82)42(24-33-26-62-36-8-4-3-7-35(33)36)70-51(81)41(23-32-17-19-60-25-32)69-49(79)37-15-16-46(76)65-37/h3-4,7-8,11-14,17,19,25-26,30,37-44,60,62,73-74H,5-6,9-10,15-16,18,20-24,27-29H2,1-2H3,(H2,57,75)(H,63,84)(H,64,78)(H,65,76)(H,66,77)(H,67,80)(H,68,83)(H,69,79)(H,70,81)(H,71,82)(H4,58,59,61). The Hall–Kier alpha value is -9.54. The first kappa shape index (κ1) is 64.6. The second-order valence-electron chi connectivity index (χ2n) is 21.3. The number of carbonyl (C=O) groups is 11. The predicted molar refractivity (Wildman–Crippen MR) is 307 cm³/mol. The normalized spacial score (nSPS) is 16.8. The number of nitrogens with zero attached hydrogens (tertiary/aromatic N) is 2. The molecule has 2 aliphatic rings. The largest absolute Gasteiger partial charge is 0.508 e. The molecule has 2 fully saturated rings. The Morgan fingerprint density at radius 1 is 0.694 bits per heavy atom. The number of hydrogen-bond acceptors (Lipinski definition) is 14. The molecule has 2 saturated heterocycles. The van der Waals surface area contributed by atoms with E-state index in [1.807, 2.05) is 0 Å². The molecule has 4 aromatic rings. The van der Waals surface area contributed by atoms with E-state index < -0.39 is 127 Å². The van der Waals surface area contributed by atoms with Gasteiger partial charge in [0, 0.05) is 68.3 Å². The molecule has 11 amide bonds. The van der Waals surface area contributed by atoms with E-state index in [1.54, 1.807) is 62.8 Å². The number of guanidine groups is 1. The fourth-order valence-corrected chi connectivity index (χ4v) is 9.90. The Bertz CT molecular complexity index is 3050. The van der Waals surface area contributed by atoms with Gasteiger partial charge in [-0.1, -0.05) is 44.2 Å². The van der Waals surface area contributed by atoms with Gasteiger partial charge in [-0.05, 0) is 85.4 Å². The molecule has 458 valence electrons. The number of aliphatic hydroxyl groups excluding tert-OH is 1. The summed E-state index contributed by atoms with van der Waals surface area (Å²) in [6, 6.07) is 4.21. The van der Waals surface area contributed by atoms with Crippen LogP contribution in [0.5, 0.6) is 5.75 Å². The first-order valence-electron chi connectivity index (χ1n) is 27.9. The number of aromatic hydroxyl groups is 1. The number of phenolic OH excluding ortho intramolecular Hbond substituents is 1. The number of amides is 11. The Labute approximate surface area is 488 Å². The number of para-hydroxylation sites is 1. The van der Waals surface area contributed by atoms with Gasteiger partial charge in [0.05, 0.1) is 19.7 Å². The van der Waals surface area contributed by atoms with Gasteiger partial charge in [-0.2, -0.15) is 0 Å². The number of primary amides is 1. The molecule has 0 bridgehead atoms.